The van der Waals surface area contributed by atoms with E-state index in [1.54, 1.807) is 18.2 Å². The average Bonchev–Trinajstić information content (AvgIpc) is 2.57. The second-order valence-electron chi connectivity index (χ2n) is 5.10. The Kier molecular flexibility index (Phi) is 5.23. The molecular formula is C17H13Cl2N3OS. The van der Waals surface area contributed by atoms with Gasteiger partial charge in [-0.1, -0.05) is 59.2 Å². The largest absolute Gasteiger partial charge is 0.324 e. The number of rotatable bonds is 4. The van der Waals surface area contributed by atoms with Gasteiger partial charge in [-0.15, -0.1) is 5.10 Å². The van der Waals surface area contributed by atoms with Gasteiger partial charge < -0.3 is 5.32 Å². The van der Waals surface area contributed by atoms with Crippen molar-refractivity contribution in [2.75, 3.05) is 11.1 Å². The van der Waals surface area contributed by atoms with Gasteiger partial charge in [0.05, 0.1) is 22.2 Å². The second kappa shape index (κ2) is 7.38. The van der Waals surface area contributed by atoms with E-state index in [4.69, 9.17) is 23.2 Å². The monoisotopic (exact) mass is 377 g/mol. The molecule has 1 N–H and O–H groups in total. The Hall–Kier alpha value is -1.82. The van der Waals surface area contributed by atoms with Crippen molar-refractivity contribution < 1.29 is 4.79 Å². The predicted octanol–water partition coefficient (Wildman–Crippen LogP) is 4.98. The zero-order valence-corrected chi connectivity index (χ0v) is 15.0. The van der Waals surface area contributed by atoms with Crippen molar-refractivity contribution in [1.82, 2.24) is 10.2 Å². The van der Waals surface area contributed by atoms with Crippen LogP contribution in [0.1, 0.15) is 5.69 Å². The molecule has 0 radical (unpaired) electrons. The molecule has 3 rings (SSSR count). The number of hydrogen-bond acceptors (Lipinski definition) is 4. The minimum absolute atomic E-state index is 0.171. The SMILES string of the molecule is Cc1nnc(SCC(=O)Nc2ccc(Cl)cc2Cl)c2ccccc12. The molecule has 0 atom stereocenters. The predicted molar refractivity (Wildman–Crippen MR) is 100 cm³/mol. The molecule has 1 aromatic heterocycles. The van der Waals surface area contributed by atoms with Crippen LogP contribution in [0, 0.1) is 6.92 Å². The van der Waals surface area contributed by atoms with Crippen LogP contribution in [0.3, 0.4) is 0 Å². The Morgan fingerprint density at radius 2 is 1.88 bits per heavy atom. The van der Waals surface area contributed by atoms with Crippen molar-refractivity contribution in [2.24, 2.45) is 0 Å². The molecule has 0 aliphatic heterocycles. The summed E-state index contributed by atoms with van der Waals surface area (Å²) in [6.07, 6.45) is 0. The van der Waals surface area contributed by atoms with Gasteiger partial charge >= 0.3 is 0 Å². The molecule has 0 spiro atoms. The summed E-state index contributed by atoms with van der Waals surface area (Å²) in [6, 6.07) is 12.8. The van der Waals surface area contributed by atoms with E-state index in [9.17, 15) is 4.79 Å². The van der Waals surface area contributed by atoms with Gasteiger partial charge in [-0.25, -0.2) is 0 Å². The summed E-state index contributed by atoms with van der Waals surface area (Å²) in [5, 5.41) is 14.8. The standard InChI is InChI=1S/C17H13Cl2N3OS/c1-10-12-4-2-3-5-13(12)17(22-21-10)24-9-16(23)20-15-7-6-11(18)8-14(15)19/h2-8H,9H2,1H3,(H,20,23). The normalized spacial score (nSPS) is 10.8. The van der Waals surface area contributed by atoms with Crippen LogP contribution in [0.15, 0.2) is 47.5 Å². The van der Waals surface area contributed by atoms with E-state index in [0.717, 1.165) is 21.5 Å². The minimum atomic E-state index is -0.171. The highest BCUT2D eigenvalue weighted by Crippen LogP contribution is 2.28. The third-order valence-corrected chi connectivity index (χ3v) is 4.91. The van der Waals surface area contributed by atoms with Gasteiger partial charge in [0.1, 0.15) is 5.03 Å². The summed E-state index contributed by atoms with van der Waals surface area (Å²) in [7, 11) is 0. The van der Waals surface area contributed by atoms with Gasteiger partial charge in [0, 0.05) is 15.8 Å². The lowest BCUT2D eigenvalue weighted by molar-refractivity contribution is -0.113. The van der Waals surface area contributed by atoms with E-state index in [0.29, 0.717) is 15.7 Å². The van der Waals surface area contributed by atoms with Gasteiger partial charge in [-0.05, 0) is 25.1 Å². The van der Waals surface area contributed by atoms with Crippen LogP contribution >= 0.6 is 35.0 Å². The van der Waals surface area contributed by atoms with Crippen LogP contribution in [-0.4, -0.2) is 21.9 Å². The third-order valence-electron chi connectivity index (χ3n) is 3.38. The van der Waals surface area contributed by atoms with E-state index in [1.807, 2.05) is 31.2 Å². The lowest BCUT2D eigenvalue weighted by Crippen LogP contribution is -2.14. The highest BCUT2D eigenvalue weighted by molar-refractivity contribution is 8.00. The first-order chi connectivity index (χ1) is 11.5. The molecule has 1 amide bonds. The van der Waals surface area contributed by atoms with Crippen LogP contribution in [0.4, 0.5) is 5.69 Å². The van der Waals surface area contributed by atoms with Crippen LogP contribution in [0.2, 0.25) is 10.0 Å². The molecule has 0 saturated heterocycles. The highest BCUT2D eigenvalue weighted by atomic mass is 35.5. The summed E-state index contributed by atoms with van der Waals surface area (Å²) < 4.78 is 0. The van der Waals surface area contributed by atoms with Crippen molar-refractivity contribution in [3.05, 3.63) is 58.2 Å². The number of hydrogen-bond donors (Lipinski definition) is 1. The average molecular weight is 378 g/mol. The summed E-state index contributed by atoms with van der Waals surface area (Å²) in [5.41, 5.74) is 1.40. The lowest BCUT2D eigenvalue weighted by atomic mass is 10.1. The zero-order valence-electron chi connectivity index (χ0n) is 12.7. The van der Waals surface area contributed by atoms with Crippen LogP contribution in [-0.2, 0) is 4.79 Å². The first-order valence-electron chi connectivity index (χ1n) is 7.14. The van der Waals surface area contributed by atoms with Gasteiger partial charge in [-0.2, -0.15) is 5.10 Å². The molecule has 0 bridgehead atoms. The molecular weight excluding hydrogens is 365 g/mol. The van der Waals surface area contributed by atoms with E-state index in [1.165, 1.54) is 11.8 Å². The van der Waals surface area contributed by atoms with E-state index < -0.39 is 0 Å². The third kappa shape index (κ3) is 3.80. The van der Waals surface area contributed by atoms with E-state index in [2.05, 4.69) is 15.5 Å². The summed E-state index contributed by atoms with van der Waals surface area (Å²) in [4.78, 5) is 12.2. The summed E-state index contributed by atoms with van der Waals surface area (Å²) in [5.74, 6) is 0.0384. The summed E-state index contributed by atoms with van der Waals surface area (Å²) in [6.45, 7) is 1.92. The van der Waals surface area contributed by atoms with Crippen molar-refractivity contribution >= 4 is 57.3 Å². The Bertz CT molecular complexity index is 917. The minimum Gasteiger partial charge on any atom is -0.324 e. The quantitative estimate of drug-likeness (QED) is 0.651. The molecule has 3 aromatic rings. The maximum absolute atomic E-state index is 12.2. The molecule has 4 nitrogen and oxygen atoms in total. The second-order valence-corrected chi connectivity index (χ2v) is 6.90. The smallest absolute Gasteiger partial charge is 0.234 e. The number of amides is 1. The first kappa shape index (κ1) is 17.0. The molecule has 7 heteroatoms. The number of fused-ring (bicyclic) bond motifs is 1. The van der Waals surface area contributed by atoms with E-state index >= 15 is 0 Å². The van der Waals surface area contributed by atoms with Gasteiger partial charge in [-0.3, -0.25) is 4.79 Å². The first-order valence-corrected chi connectivity index (χ1v) is 8.88. The maximum atomic E-state index is 12.2. The topological polar surface area (TPSA) is 54.9 Å². The summed E-state index contributed by atoms with van der Waals surface area (Å²) >= 11 is 13.2. The van der Waals surface area contributed by atoms with Crippen LogP contribution in [0.25, 0.3) is 10.8 Å². The fourth-order valence-corrected chi connectivity index (χ4v) is 3.46. The highest BCUT2D eigenvalue weighted by Gasteiger charge is 2.11. The van der Waals surface area contributed by atoms with E-state index in [-0.39, 0.29) is 11.7 Å². The van der Waals surface area contributed by atoms with Crippen molar-refractivity contribution in [2.45, 2.75) is 11.9 Å². The Morgan fingerprint density at radius 3 is 2.62 bits per heavy atom. The maximum Gasteiger partial charge on any atom is 0.234 e. The van der Waals surface area contributed by atoms with Crippen molar-refractivity contribution in [3.63, 3.8) is 0 Å². The van der Waals surface area contributed by atoms with Gasteiger partial charge in [0.2, 0.25) is 5.91 Å². The molecule has 0 aliphatic rings. The molecule has 0 fully saturated rings. The van der Waals surface area contributed by atoms with Crippen molar-refractivity contribution in [3.8, 4) is 0 Å². The Morgan fingerprint density at radius 1 is 1.12 bits per heavy atom. The molecule has 0 unspecified atom stereocenters. The Labute approximate surface area is 153 Å². The van der Waals surface area contributed by atoms with Gasteiger partial charge in [0.15, 0.2) is 0 Å². The molecule has 24 heavy (non-hydrogen) atoms. The number of thioether (sulfide) groups is 1. The number of aromatic nitrogens is 2. The Balaban J connectivity index is 1.72. The number of nitrogens with zero attached hydrogens (tertiary/aromatic N) is 2. The number of aryl methyl sites for hydroxylation is 1. The number of carbonyl (C=O) groups excluding carboxylic acids is 1. The fourth-order valence-electron chi connectivity index (χ4n) is 2.23. The molecule has 122 valence electrons. The number of anilines is 1. The van der Waals surface area contributed by atoms with Gasteiger partial charge in [0.25, 0.3) is 0 Å². The molecule has 2 aromatic carbocycles. The zero-order chi connectivity index (χ0) is 17.1. The molecule has 1 heterocycles. The number of benzene rings is 2. The number of halogens is 2. The number of carbonyl (C=O) groups is 1. The lowest BCUT2D eigenvalue weighted by Gasteiger charge is -2.08. The number of nitrogens with one attached hydrogen (secondary N) is 1. The molecule has 0 saturated carbocycles. The van der Waals surface area contributed by atoms with Crippen molar-refractivity contribution in [1.29, 1.82) is 0 Å². The fraction of sp³-hybridized carbons (Fsp3) is 0.118. The van der Waals surface area contributed by atoms with Crippen LogP contribution < -0.4 is 5.32 Å². The van der Waals surface area contributed by atoms with Crippen LogP contribution in [0.5, 0.6) is 0 Å². The molecule has 0 aliphatic carbocycles.